The zero-order chi connectivity index (χ0) is 12.2. The van der Waals surface area contributed by atoms with E-state index in [0.29, 0.717) is 0 Å². The van der Waals surface area contributed by atoms with Gasteiger partial charge in [-0.2, -0.15) is 8.42 Å². The number of fused-ring (bicyclic) bond motifs is 1. The van der Waals surface area contributed by atoms with Crippen LogP contribution in [0.2, 0.25) is 0 Å². The number of thiazole rings is 1. The van der Waals surface area contributed by atoms with E-state index in [1.165, 1.54) is 4.70 Å². The summed E-state index contributed by atoms with van der Waals surface area (Å²) < 4.78 is 31.0. The van der Waals surface area contributed by atoms with E-state index in [1.807, 2.05) is 25.1 Å². The summed E-state index contributed by atoms with van der Waals surface area (Å²) in [7, 11) is -3.29. The maximum atomic E-state index is 9.33. The monoisotopic (exact) mass is 261 g/mol. The van der Waals surface area contributed by atoms with Crippen LogP contribution in [0.15, 0.2) is 24.3 Å². The maximum Gasteiger partial charge on any atom is 0.397 e. The van der Waals surface area contributed by atoms with Crippen molar-refractivity contribution in [2.75, 3.05) is 7.11 Å². The number of aromatic nitrogens is 1. The third-order valence-electron chi connectivity index (χ3n) is 1.61. The van der Waals surface area contributed by atoms with Crippen molar-refractivity contribution in [3.05, 3.63) is 29.3 Å². The van der Waals surface area contributed by atoms with Crippen LogP contribution in [0.3, 0.4) is 0 Å². The zero-order valence-electron chi connectivity index (χ0n) is 8.75. The van der Waals surface area contributed by atoms with Gasteiger partial charge in [0.15, 0.2) is 0 Å². The predicted octanol–water partition coefficient (Wildman–Crippen LogP) is 2.04. The summed E-state index contributed by atoms with van der Waals surface area (Å²) in [4.78, 5) is 4.33. The minimum Gasteiger partial charge on any atom is -0.264 e. The predicted molar refractivity (Wildman–Crippen MR) is 62.9 cm³/mol. The Hall–Kier alpha value is -1.02. The largest absolute Gasteiger partial charge is 0.397 e. The Balaban J connectivity index is 0.000000187. The van der Waals surface area contributed by atoms with Crippen LogP contribution in [-0.4, -0.2) is 25.1 Å². The quantitative estimate of drug-likeness (QED) is 0.795. The van der Waals surface area contributed by atoms with Crippen molar-refractivity contribution in [3.8, 4) is 0 Å². The number of benzene rings is 1. The van der Waals surface area contributed by atoms with E-state index in [1.54, 1.807) is 11.3 Å². The van der Waals surface area contributed by atoms with Gasteiger partial charge in [0.25, 0.3) is 0 Å². The molecule has 0 spiro atoms. The summed E-state index contributed by atoms with van der Waals surface area (Å²) in [6, 6.07) is 8.19. The fourth-order valence-corrected chi connectivity index (χ4v) is 1.81. The standard InChI is InChI=1S/C8H7NS.CH4O4S/c1-6-9-7-4-2-3-5-8(7)10-6;1-5-6(2,3)4/h2-5H,1H3;1H3,(H,2,3,4). The second-order valence-corrected chi connectivity index (χ2v) is 5.22. The molecule has 0 amide bonds. The molecule has 0 unspecified atom stereocenters. The Kier molecular flexibility index (Phi) is 4.36. The van der Waals surface area contributed by atoms with Crippen LogP contribution < -0.4 is 0 Å². The highest BCUT2D eigenvalue weighted by Gasteiger charge is 1.95. The average molecular weight is 261 g/mol. The summed E-state index contributed by atoms with van der Waals surface area (Å²) in [5, 5.41) is 1.14. The van der Waals surface area contributed by atoms with Gasteiger partial charge in [-0.15, -0.1) is 11.3 Å². The molecule has 0 aliphatic heterocycles. The van der Waals surface area contributed by atoms with E-state index < -0.39 is 10.4 Å². The Bertz CT molecular complexity index is 529. The van der Waals surface area contributed by atoms with Crippen LogP contribution in [0, 0.1) is 6.92 Å². The van der Waals surface area contributed by atoms with Gasteiger partial charge in [-0.05, 0) is 19.1 Å². The van der Waals surface area contributed by atoms with Crippen LogP contribution in [0.4, 0.5) is 0 Å². The summed E-state index contributed by atoms with van der Waals surface area (Å²) in [6.07, 6.45) is 0. The van der Waals surface area contributed by atoms with Crippen molar-refractivity contribution >= 4 is 32.0 Å². The number of nitrogens with zero attached hydrogens (tertiary/aromatic N) is 1. The molecule has 0 radical (unpaired) electrons. The van der Waals surface area contributed by atoms with E-state index in [4.69, 9.17) is 4.55 Å². The Labute approximate surface area is 97.7 Å². The van der Waals surface area contributed by atoms with Gasteiger partial charge >= 0.3 is 10.4 Å². The molecule has 1 aromatic heterocycles. The minimum absolute atomic E-state index is 0.870. The third-order valence-corrected chi connectivity index (χ3v) is 2.98. The maximum absolute atomic E-state index is 9.33. The fourth-order valence-electron chi connectivity index (χ4n) is 0.987. The van der Waals surface area contributed by atoms with Crippen LogP contribution in [0.25, 0.3) is 10.2 Å². The van der Waals surface area contributed by atoms with Gasteiger partial charge in [-0.25, -0.2) is 4.98 Å². The molecule has 5 nitrogen and oxygen atoms in total. The third kappa shape index (κ3) is 4.23. The second-order valence-electron chi connectivity index (χ2n) is 2.80. The molecule has 0 fully saturated rings. The second kappa shape index (κ2) is 5.35. The summed E-state index contributed by atoms with van der Waals surface area (Å²) in [5.74, 6) is 0. The Morgan fingerprint density at radius 3 is 2.44 bits per heavy atom. The highest BCUT2D eigenvalue weighted by Crippen LogP contribution is 2.19. The zero-order valence-corrected chi connectivity index (χ0v) is 10.4. The van der Waals surface area contributed by atoms with Crippen LogP contribution in [0.1, 0.15) is 5.01 Å². The number of aryl methyl sites for hydroxylation is 1. The molecule has 0 aliphatic carbocycles. The number of hydrogen-bond acceptors (Lipinski definition) is 5. The van der Waals surface area contributed by atoms with Gasteiger partial charge in [-0.1, -0.05) is 12.1 Å². The van der Waals surface area contributed by atoms with Gasteiger partial charge in [0.2, 0.25) is 0 Å². The molecule has 0 aliphatic rings. The molecule has 16 heavy (non-hydrogen) atoms. The average Bonchev–Trinajstić information content (AvgIpc) is 2.57. The van der Waals surface area contributed by atoms with Gasteiger partial charge in [-0.3, -0.25) is 8.74 Å². The van der Waals surface area contributed by atoms with Crippen LogP contribution >= 0.6 is 11.3 Å². The SMILES string of the molecule is COS(=O)(=O)O.Cc1nc2ccccc2s1. The molecule has 0 saturated heterocycles. The topological polar surface area (TPSA) is 76.5 Å². The number of hydrogen-bond donors (Lipinski definition) is 1. The van der Waals surface area contributed by atoms with Crippen molar-refractivity contribution in [1.82, 2.24) is 4.98 Å². The van der Waals surface area contributed by atoms with Crippen molar-refractivity contribution < 1.29 is 17.2 Å². The molecule has 0 atom stereocenters. The molecule has 88 valence electrons. The van der Waals surface area contributed by atoms with Crippen molar-refractivity contribution in [1.29, 1.82) is 0 Å². The van der Waals surface area contributed by atoms with E-state index in [9.17, 15) is 8.42 Å². The number of rotatable bonds is 1. The molecule has 2 aromatic rings. The fraction of sp³-hybridized carbons (Fsp3) is 0.222. The van der Waals surface area contributed by atoms with Gasteiger partial charge in [0.1, 0.15) is 0 Å². The summed E-state index contributed by atoms with van der Waals surface area (Å²) in [6.45, 7) is 2.03. The normalized spacial score (nSPS) is 10.9. The first kappa shape index (κ1) is 13.0. The first-order chi connectivity index (χ1) is 7.42. The Morgan fingerprint density at radius 1 is 1.38 bits per heavy atom. The Morgan fingerprint density at radius 2 is 1.94 bits per heavy atom. The lowest BCUT2D eigenvalue weighted by Gasteiger charge is -1.82. The van der Waals surface area contributed by atoms with Gasteiger partial charge < -0.3 is 0 Å². The van der Waals surface area contributed by atoms with Gasteiger partial charge in [0.05, 0.1) is 22.3 Å². The highest BCUT2D eigenvalue weighted by atomic mass is 32.3. The van der Waals surface area contributed by atoms with Gasteiger partial charge in [0, 0.05) is 0 Å². The summed E-state index contributed by atoms with van der Waals surface area (Å²) >= 11 is 1.74. The molecule has 1 N–H and O–H groups in total. The molecule has 1 heterocycles. The molecular formula is C9H11NO4S2. The minimum atomic E-state index is -4.16. The van der Waals surface area contributed by atoms with E-state index in [0.717, 1.165) is 17.6 Å². The van der Waals surface area contributed by atoms with Crippen molar-refractivity contribution in [2.24, 2.45) is 0 Å². The smallest absolute Gasteiger partial charge is 0.264 e. The molecule has 2 rings (SSSR count). The highest BCUT2D eigenvalue weighted by molar-refractivity contribution is 7.80. The first-order valence-corrected chi connectivity index (χ1v) is 6.46. The van der Waals surface area contributed by atoms with Crippen molar-refractivity contribution in [2.45, 2.75) is 6.92 Å². The first-order valence-electron chi connectivity index (χ1n) is 4.27. The van der Waals surface area contributed by atoms with Crippen LogP contribution in [-0.2, 0) is 14.6 Å². The van der Waals surface area contributed by atoms with Crippen LogP contribution in [0.5, 0.6) is 0 Å². The lowest BCUT2D eigenvalue weighted by molar-refractivity contribution is 0.324. The lowest BCUT2D eigenvalue weighted by Crippen LogP contribution is -1.96. The molecule has 1 aromatic carbocycles. The van der Waals surface area contributed by atoms with E-state index >= 15 is 0 Å². The molecule has 0 bridgehead atoms. The van der Waals surface area contributed by atoms with Crippen molar-refractivity contribution in [3.63, 3.8) is 0 Å². The number of para-hydroxylation sites is 1. The molecule has 0 saturated carbocycles. The van der Waals surface area contributed by atoms with E-state index in [-0.39, 0.29) is 0 Å². The van der Waals surface area contributed by atoms with E-state index in [2.05, 4.69) is 15.2 Å². The lowest BCUT2D eigenvalue weighted by atomic mass is 10.3. The molecule has 7 heteroatoms. The summed E-state index contributed by atoms with van der Waals surface area (Å²) in [5.41, 5.74) is 1.12. The molecular weight excluding hydrogens is 250 g/mol.